The molecule has 1 fully saturated rings. The number of anilines is 1. The normalized spacial score (nSPS) is 14.3. The molecule has 1 aliphatic heterocycles. The zero-order valence-corrected chi connectivity index (χ0v) is 17.1. The van der Waals surface area contributed by atoms with E-state index in [4.69, 9.17) is 16.3 Å². The first-order chi connectivity index (χ1) is 13.6. The summed E-state index contributed by atoms with van der Waals surface area (Å²) in [5, 5.41) is 5.64. The molecule has 0 atom stereocenters. The Bertz CT molecular complexity index is 1000. The average molecular weight is 434 g/mol. The molecule has 1 saturated heterocycles. The van der Waals surface area contributed by atoms with Crippen LogP contribution in [0, 0.1) is 0 Å². The maximum absolute atomic E-state index is 12.1. The van der Waals surface area contributed by atoms with Crippen LogP contribution in [0.4, 0.5) is 5.69 Å². The lowest BCUT2D eigenvalue weighted by Crippen LogP contribution is -2.41. The van der Waals surface area contributed by atoms with E-state index < -0.39 is 0 Å². The predicted molar refractivity (Wildman–Crippen MR) is 111 cm³/mol. The van der Waals surface area contributed by atoms with Crippen LogP contribution in [0.5, 0.6) is 0 Å². The number of carbonyl (C=O) groups is 2. The second-order valence-corrected chi connectivity index (χ2v) is 8.65. The molecule has 0 bridgehead atoms. The second kappa shape index (κ2) is 8.40. The van der Waals surface area contributed by atoms with Gasteiger partial charge >= 0.3 is 0 Å². The predicted octanol–water partition coefficient (Wildman–Crippen LogP) is 3.82. The number of benzene rings is 1. The van der Waals surface area contributed by atoms with E-state index in [9.17, 15) is 9.59 Å². The van der Waals surface area contributed by atoms with Crippen LogP contribution in [0.3, 0.4) is 0 Å². The maximum Gasteiger partial charge on any atom is 0.261 e. The minimum Gasteiger partial charge on any atom is -0.370 e. The summed E-state index contributed by atoms with van der Waals surface area (Å²) in [6.45, 7) is 1.59. The number of carbonyl (C=O) groups excluding carboxylic acids is 2. The highest BCUT2D eigenvalue weighted by Crippen LogP contribution is 2.27. The third-order valence-corrected chi connectivity index (χ3v) is 6.36. The Hall–Kier alpha value is -2.26. The van der Waals surface area contributed by atoms with Gasteiger partial charge in [-0.05, 0) is 36.4 Å². The molecule has 3 aromatic rings. The molecule has 3 heterocycles. The van der Waals surface area contributed by atoms with Crippen molar-refractivity contribution in [3.63, 3.8) is 0 Å². The van der Waals surface area contributed by atoms with Crippen LogP contribution in [0.25, 0.3) is 10.6 Å². The summed E-state index contributed by atoms with van der Waals surface area (Å²) in [4.78, 5) is 30.9. The largest absolute Gasteiger partial charge is 0.370 e. The van der Waals surface area contributed by atoms with Gasteiger partial charge in [-0.15, -0.1) is 22.7 Å². The fourth-order valence-electron chi connectivity index (χ4n) is 2.79. The fraction of sp³-hybridized carbons (Fsp3) is 0.211. The van der Waals surface area contributed by atoms with Gasteiger partial charge in [0.05, 0.1) is 28.1 Å². The monoisotopic (exact) mass is 433 g/mol. The number of aromatic nitrogens is 1. The van der Waals surface area contributed by atoms with Crippen molar-refractivity contribution in [3.05, 3.63) is 56.7 Å². The van der Waals surface area contributed by atoms with Gasteiger partial charge in [0.25, 0.3) is 11.8 Å². The van der Waals surface area contributed by atoms with E-state index in [1.807, 2.05) is 29.6 Å². The number of rotatable bonds is 5. The number of nitrogens with zero attached hydrogens (tertiary/aromatic N) is 2. The van der Waals surface area contributed by atoms with Gasteiger partial charge in [0.2, 0.25) is 0 Å². The first-order valence-corrected chi connectivity index (χ1v) is 10.6. The molecule has 28 heavy (non-hydrogen) atoms. The number of nitrogens with one attached hydrogen (secondary N) is 1. The van der Waals surface area contributed by atoms with Gasteiger partial charge in [0.15, 0.2) is 0 Å². The minimum absolute atomic E-state index is 0.0293. The van der Waals surface area contributed by atoms with Crippen LogP contribution in [-0.2, 0) is 16.1 Å². The zero-order chi connectivity index (χ0) is 19.5. The molecule has 9 heteroatoms. The number of halogens is 1. The number of ether oxygens (including phenoxy) is 1. The first kappa shape index (κ1) is 19.1. The molecule has 6 nitrogen and oxygen atoms in total. The van der Waals surface area contributed by atoms with Crippen LogP contribution in [0.2, 0.25) is 4.34 Å². The first-order valence-electron chi connectivity index (χ1n) is 8.56. The van der Waals surface area contributed by atoms with Gasteiger partial charge in [-0.1, -0.05) is 11.6 Å². The second-order valence-electron chi connectivity index (χ2n) is 6.08. The molecular weight excluding hydrogens is 418 g/mol. The SMILES string of the molecule is O=C(NCc1csc(-c2ccc(N3CCOCC3=O)cc2)n1)c1ccc(Cl)s1. The minimum atomic E-state index is -0.161. The highest BCUT2D eigenvalue weighted by molar-refractivity contribution is 7.18. The molecule has 0 radical (unpaired) electrons. The molecule has 2 aromatic heterocycles. The molecular formula is C19H16ClN3O3S2. The molecule has 4 rings (SSSR count). The van der Waals surface area contributed by atoms with Crippen LogP contribution >= 0.6 is 34.3 Å². The molecule has 1 aliphatic rings. The van der Waals surface area contributed by atoms with Crippen molar-refractivity contribution < 1.29 is 14.3 Å². The van der Waals surface area contributed by atoms with E-state index in [1.165, 1.54) is 22.7 Å². The average Bonchev–Trinajstić information content (AvgIpc) is 3.36. The number of hydrogen-bond donors (Lipinski definition) is 1. The third-order valence-electron chi connectivity index (χ3n) is 4.19. The Morgan fingerprint density at radius 3 is 2.79 bits per heavy atom. The third kappa shape index (κ3) is 4.25. The highest BCUT2D eigenvalue weighted by atomic mass is 35.5. The highest BCUT2D eigenvalue weighted by Gasteiger charge is 2.20. The van der Waals surface area contributed by atoms with Gasteiger partial charge in [-0.25, -0.2) is 4.98 Å². The topological polar surface area (TPSA) is 71.5 Å². The molecule has 1 aromatic carbocycles. The summed E-state index contributed by atoms with van der Waals surface area (Å²) >= 11 is 8.62. The molecule has 0 unspecified atom stereocenters. The van der Waals surface area contributed by atoms with E-state index in [0.717, 1.165) is 22.0 Å². The van der Waals surface area contributed by atoms with Gasteiger partial charge in [0.1, 0.15) is 11.6 Å². The van der Waals surface area contributed by atoms with Crippen molar-refractivity contribution in [2.45, 2.75) is 6.54 Å². The van der Waals surface area contributed by atoms with E-state index >= 15 is 0 Å². The van der Waals surface area contributed by atoms with E-state index in [0.29, 0.717) is 28.9 Å². The Labute approximate surface area is 174 Å². The number of hydrogen-bond acceptors (Lipinski definition) is 6. The molecule has 0 saturated carbocycles. The van der Waals surface area contributed by atoms with Crippen LogP contribution in [0.15, 0.2) is 41.8 Å². The van der Waals surface area contributed by atoms with Gasteiger partial charge in [-0.3, -0.25) is 9.59 Å². The summed E-state index contributed by atoms with van der Waals surface area (Å²) in [5.74, 6) is -0.190. The van der Waals surface area contributed by atoms with E-state index in [-0.39, 0.29) is 18.4 Å². The number of morpholine rings is 1. The number of amides is 2. The maximum atomic E-state index is 12.1. The Kier molecular flexibility index (Phi) is 5.72. The standard InChI is InChI=1S/C19H16ClN3O3S2/c20-16-6-5-15(28-16)18(25)21-9-13-11-27-19(22-13)12-1-3-14(4-2-12)23-7-8-26-10-17(23)24/h1-6,11H,7-10H2,(H,21,25). The van der Waals surface area contributed by atoms with E-state index in [2.05, 4.69) is 10.3 Å². The molecule has 0 spiro atoms. The van der Waals surface area contributed by atoms with Crippen LogP contribution < -0.4 is 10.2 Å². The van der Waals surface area contributed by atoms with E-state index in [1.54, 1.807) is 17.0 Å². The smallest absolute Gasteiger partial charge is 0.261 e. The van der Waals surface area contributed by atoms with Gasteiger partial charge in [0, 0.05) is 23.2 Å². The Balaban J connectivity index is 1.39. The summed E-state index contributed by atoms with van der Waals surface area (Å²) in [6, 6.07) is 11.1. The lowest BCUT2D eigenvalue weighted by atomic mass is 10.2. The molecule has 2 amide bonds. The van der Waals surface area contributed by atoms with Crippen molar-refractivity contribution in [3.8, 4) is 10.6 Å². The molecule has 144 valence electrons. The van der Waals surface area contributed by atoms with Crippen LogP contribution in [0.1, 0.15) is 15.4 Å². The lowest BCUT2D eigenvalue weighted by molar-refractivity contribution is -0.125. The van der Waals surface area contributed by atoms with Gasteiger partial charge in [-0.2, -0.15) is 0 Å². The van der Waals surface area contributed by atoms with Crippen molar-refractivity contribution in [1.29, 1.82) is 0 Å². The summed E-state index contributed by atoms with van der Waals surface area (Å²) in [7, 11) is 0. The van der Waals surface area contributed by atoms with Crippen molar-refractivity contribution in [1.82, 2.24) is 10.3 Å². The summed E-state index contributed by atoms with van der Waals surface area (Å²) in [5.41, 5.74) is 2.62. The number of thiophene rings is 1. The van der Waals surface area contributed by atoms with Crippen molar-refractivity contribution in [2.24, 2.45) is 0 Å². The number of thiazole rings is 1. The summed E-state index contributed by atoms with van der Waals surface area (Å²) in [6.07, 6.45) is 0. The quantitative estimate of drug-likeness (QED) is 0.664. The lowest BCUT2D eigenvalue weighted by Gasteiger charge is -2.26. The van der Waals surface area contributed by atoms with Crippen LogP contribution in [-0.4, -0.2) is 36.6 Å². The van der Waals surface area contributed by atoms with Crippen molar-refractivity contribution >= 4 is 51.8 Å². The Morgan fingerprint density at radius 2 is 2.07 bits per heavy atom. The van der Waals surface area contributed by atoms with Gasteiger partial charge < -0.3 is 15.0 Å². The molecule has 1 N–H and O–H groups in total. The Morgan fingerprint density at radius 1 is 1.25 bits per heavy atom. The fourth-order valence-corrected chi connectivity index (χ4v) is 4.58. The molecule has 0 aliphatic carbocycles. The zero-order valence-electron chi connectivity index (χ0n) is 14.7. The summed E-state index contributed by atoms with van der Waals surface area (Å²) < 4.78 is 5.75. The van der Waals surface area contributed by atoms with Crippen molar-refractivity contribution in [2.75, 3.05) is 24.7 Å².